The van der Waals surface area contributed by atoms with Gasteiger partial charge in [-0.15, -0.1) is 0 Å². The highest BCUT2D eigenvalue weighted by atomic mass is 14.8. The number of hydrogen-bond donors (Lipinski definition) is 0. The number of hydrogen-bond acceptors (Lipinski definition) is 3. The van der Waals surface area contributed by atoms with Crippen molar-refractivity contribution in [3.63, 3.8) is 0 Å². The van der Waals surface area contributed by atoms with Crippen LogP contribution in [0.25, 0.3) is 0 Å². The van der Waals surface area contributed by atoms with E-state index < -0.39 is 0 Å². The van der Waals surface area contributed by atoms with E-state index in [1.807, 2.05) is 18.3 Å². The number of rotatable bonds is 6. The first-order chi connectivity index (χ1) is 12.3. The van der Waals surface area contributed by atoms with Gasteiger partial charge in [0.1, 0.15) is 0 Å². The Hall–Kier alpha value is -2.55. The molecule has 3 aromatic rings. The zero-order chi connectivity index (χ0) is 17.7. The lowest BCUT2D eigenvalue weighted by molar-refractivity contribution is 0.799. The molecule has 0 saturated heterocycles. The average molecular weight is 333 g/mol. The molecule has 3 rings (SSSR count). The van der Waals surface area contributed by atoms with Crippen LogP contribution in [-0.2, 0) is 25.7 Å². The first-order valence-electron chi connectivity index (χ1n) is 9.06. The predicted octanol–water partition coefficient (Wildman–Crippen LogP) is 4.86. The van der Waals surface area contributed by atoms with Crippen molar-refractivity contribution in [2.75, 3.05) is 0 Å². The fourth-order valence-corrected chi connectivity index (χ4v) is 2.65. The van der Waals surface area contributed by atoms with Crippen LogP contribution >= 0.6 is 0 Å². The van der Waals surface area contributed by atoms with Gasteiger partial charge in [0.25, 0.3) is 0 Å². The topological polar surface area (TPSA) is 38.7 Å². The van der Waals surface area contributed by atoms with Crippen molar-refractivity contribution in [2.45, 2.75) is 46.0 Å². The van der Waals surface area contributed by atoms with Crippen LogP contribution in [0.15, 0.2) is 67.1 Å². The summed E-state index contributed by atoms with van der Waals surface area (Å²) in [6.45, 7) is 4.20. The molecule has 0 atom stereocenters. The maximum Gasteiger partial charge on any atom is 0.0615 e. The third kappa shape index (κ3) is 6.84. The van der Waals surface area contributed by atoms with Crippen molar-refractivity contribution >= 4 is 0 Å². The van der Waals surface area contributed by atoms with Crippen LogP contribution in [-0.4, -0.2) is 15.0 Å². The van der Waals surface area contributed by atoms with Gasteiger partial charge in [-0.05, 0) is 49.8 Å². The van der Waals surface area contributed by atoms with Gasteiger partial charge in [-0.25, -0.2) is 0 Å². The van der Waals surface area contributed by atoms with Crippen LogP contribution in [0.4, 0.5) is 0 Å². The third-order valence-corrected chi connectivity index (χ3v) is 4.00. The van der Waals surface area contributed by atoms with E-state index in [4.69, 9.17) is 0 Å². The van der Waals surface area contributed by atoms with Crippen molar-refractivity contribution in [1.82, 2.24) is 15.0 Å². The van der Waals surface area contributed by atoms with E-state index in [-0.39, 0.29) is 0 Å². The SMILES string of the molecule is CCc1nccnc1CC.c1ccc(CCCc2ccccn2)cc1. The second-order valence-corrected chi connectivity index (χ2v) is 5.82. The number of aromatic nitrogens is 3. The molecule has 2 heterocycles. The molecule has 130 valence electrons. The largest absolute Gasteiger partial charge is 0.261 e. The molecule has 0 unspecified atom stereocenters. The highest BCUT2D eigenvalue weighted by molar-refractivity contribution is 5.15. The van der Waals surface area contributed by atoms with E-state index >= 15 is 0 Å². The van der Waals surface area contributed by atoms with Crippen molar-refractivity contribution < 1.29 is 0 Å². The summed E-state index contributed by atoms with van der Waals surface area (Å²) in [5, 5.41) is 0. The summed E-state index contributed by atoms with van der Waals surface area (Å²) >= 11 is 0. The molecule has 1 aromatic carbocycles. The van der Waals surface area contributed by atoms with Crippen LogP contribution < -0.4 is 0 Å². The van der Waals surface area contributed by atoms with Gasteiger partial charge in [0.15, 0.2) is 0 Å². The number of nitrogens with zero attached hydrogens (tertiary/aromatic N) is 3. The van der Waals surface area contributed by atoms with E-state index in [1.54, 1.807) is 12.4 Å². The molecule has 0 radical (unpaired) electrons. The molecule has 0 aliphatic heterocycles. The summed E-state index contributed by atoms with van der Waals surface area (Å²) in [6, 6.07) is 16.7. The van der Waals surface area contributed by atoms with Gasteiger partial charge >= 0.3 is 0 Å². The highest BCUT2D eigenvalue weighted by Gasteiger charge is 1.97. The second kappa shape index (κ2) is 11.1. The fourth-order valence-electron chi connectivity index (χ4n) is 2.65. The number of pyridine rings is 1. The van der Waals surface area contributed by atoms with Crippen molar-refractivity contribution in [1.29, 1.82) is 0 Å². The van der Waals surface area contributed by atoms with Gasteiger partial charge in [0, 0.05) is 24.3 Å². The Balaban J connectivity index is 0.000000196. The average Bonchev–Trinajstić information content (AvgIpc) is 2.70. The normalized spacial score (nSPS) is 10.0. The number of benzene rings is 1. The Kier molecular flexibility index (Phi) is 8.33. The van der Waals surface area contributed by atoms with E-state index in [0.717, 1.165) is 37.1 Å². The maximum absolute atomic E-state index is 4.31. The molecule has 0 amide bonds. The summed E-state index contributed by atoms with van der Waals surface area (Å²) in [6.07, 6.45) is 10.7. The van der Waals surface area contributed by atoms with Crippen LogP contribution in [0.2, 0.25) is 0 Å². The molecule has 25 heavy (non-hydrogen) atoms. The van der Waals surface area contributed by atoms with Crippen LogP contribution in [0.1, 0.15) is 42.9 Å². The first kappa shape index (κ1) is 18.8. The molecule has 0 aliphatic rings. The Labute approximate surface area is 151 Å². The summed E-state index contributed by atoms with van der Waals surface area (Å²) in [5.74, 6) is 0. The minimum atomic E-state index is 0.983. The minimum Gasteiger partial charge on any atom is -0.261 e. The molecule has 0 spiro atoms. The van der Waals surface area contributed by atoms with Gasteiger partial charge in [0.2, 0.25) is 0 Å². The zero-order valence-electron chi connectivity index (χ0n) is 15.2. The van der Waals surface area contributed by atoms with Crippen molar-refractivity contribution in [3.05, 3.63) is 89.8 Å². The standard InChI is InChI=1S/C14H15N.C8H12N2/c1-2-7-13(8-3-1)9-6-11-14-10-4-5-12-15-14;1-3-7-8(4-2)10-6-5-9-7/h1-5,7-8,10,12H,6,9,11H2;5-6H,3-4H2,1-2H3. The quantitative estimate of drug-likeness (QED) is 0.647. The Morgan fingerprint density at radius 1 is 0.640 bits per heavy atom. The molecule has 0 N–H and O–H groups in total. The van der Waals surface area contributed by atoms with Gasteiger partial charge < -0.3 is 0 Å². The third-order valence-electron chi connectivity index (χ3n) is 4.00. The number of aryl methyl sites for hydroxylation is 4. The van der Waals surface area contributed by atoms with Gasteiger partial charge in [-0.3, -0.25) is 15.0 Å². The molecule has 2 aromatic heterocycles. The highest BCUT2D eigenvalue weighted by Crippen LogP contribution is 2.06. The Bertz CT molecular complexity index is 649. The maximum atomic E-state index is 4.31. The van der Waals surface area contributed by atoms with E-state index in [9.17, 15) is 0 Å². The lowest BCUT2D eigenvalue weighted by atomic mass is 10.1. The van der Waals surface area contributed by atoms with E-state index in [1.165, 1.54) is 17.7 Å². The van der Waals surface area contributed by atoms with Crippen LogP contribution in [0, 0.1) is 0 Å². The molecule has 0 bridgehead atoms. The Morgan fingerprint density at radius 2 is 1.28 bits per heavy atom. The van der Waals surface area contributed by atoms with E-state index in [0.29, 0.717) is 0 Å². The zero-order valence-corrected chi connectivity index (χ0v) is 15.2. The predicted molar refractivity (Wildman–Crippen MR) is 103 cm³/mol. The molecule has 0 saturated carbocycles. The van der Waals surface area contributed by atoms with Crippen LogP contribution in [0.5, 0.6) is 0 Å². The van der Waals surface area contributed by atoms with Crippen LogP contribution in [0.3, 0.4) is 0 Å². The molecular formula is C22H27N3. The summed E-state index contributed by atoms with van der Waals surface area (Å²) in [5.41, 5.74) is 4.86. The smallest absolute Gasteiger partial charge is 0.0615 e. The second-order valence-electron chi connectivity index (χ2n) is 5.82. The van der Waals surface area contributed by atoms with Crippen molar-refractivity contribution in [2.24, 2.45) is 0 Å². The lowest BCUT2D eigenvalue weighted by Crippen LogP contribution is -1.96. The summed E-state index contributed by atoms with van der Waals surface area (Å²) in [4.78, 5) is 12.7. The van der Waals surface area contributed by atoms with Gasteiger partial charge in [-0.2, -0.15) is 0 Å². The lowest BCUT2D eigenvalue weighted by Gasteiger charge is -2.00. The minimum absolute atomic E-state index is 0.983. The monoisotopic (exact) mass is 333 g/mol. The van der Waals surface area contributed by atoms with Gasteiger partial charge in [0.05, 0.1) is 11.4 Å². The molecule has 3 heteroatoms. The first-order valence-corrected chi connectivity index (χ1v) is 9.06. The van der Waals surface area contributed by atoms with E-state index in [2.05, 4.69) is 65.2 Å². The molecular weight excluding hydrogens is 306 g/mol. The Morgan fingerprint density at radius 3 is 1.84 bits per heavy atom. The molecule has 3 nitrogen and oxygen atoms in total. The van der Waals surface area contributed by atoms with Crippen molar-refractivity contribution in [3.8, 4) is 0 Å². The van der Waals surface area contributed by atoms with Gasteiger partial charge in [-0.1, -0.05) is 50.2 Å². The molecule has 0 fully saturated rings. The summed E-state index contributed by atoms with van der Waals surface area (Å²) < 4.78 is 0. The fraction of sp³-hybridized carbons (Fsp3) is 0.318. The summed E-state index contributed by atoms with van der Waals surface area (Å²) in [7, 11) is 0. The molecule has 0 aliphatic carbocycles.